The van der Waals surface area contributed by atoms with Crippen molar-refractivity contribution < 1.29 is 14.3 Å². The lowest BCUT2D eigenvalue weighted by molar-refractivity contribution is -0.0699. The van der Waals surface area contributed by atoms with E-state index in [9.17, 15) is 4.79 Å². The monoisotopic (exact) mass is 371 g/mol. The fourth-order valence-electron chi connectivity index (χ4n) is 4.61. The third-order valence-corrected chi connectivity index (χ3v) is 5.88. The van der Waals surface area contributed by atoms with Crippen molar-refractivity contribution in [2.75, 3.05) is 0 Å². The Hall–Kier alpha value is -1.81. The third kappa shape index (κ3) is 4.92. The molecule has 1 amide bonds. The maximum absolute atomic E-state index is 13.0. The summed E-state index contributed by atoms with van der Waals surface area (Å²) in [4.78, 5) is 14.9. The Bertz CT molecular complexity index is 622. The molecule has 1 aliphatic carbocycles. The lowest BCUT2D eigenvalue weighted by Gasteiger charge is -2.35. The van der Waals surface area contributed by atoms with E-state index in [-0.39, 0.29) is 24.8 Å². The molecule has 0 bridgehead atoms. The minimum absolute atomic E-state index is 0.0105. The second-order valence-electron chi connectivity index (χ2n) is 8.34. The molecule has 148 valence electrons. The molecule has 0 radical (unpaired) electrons. The van der Waals surface area contributed by atoms with E-state index < -0.39 is 5.72 Å². The Labute approximate surface area is 163 Å². The van der Waals surface area contributed by atoms with Gasteiger partial charge in [0.25, 0.3) is 0 Å². The second-order valence-corrected chi connectivity index (χ2v) is 8.34. The summed E-state index contributed by atoms with van der Waals surface area (Å²) in [5.74, 6) is 0.665. The molecule has 1 aromatic carbocycles. The van der Waals surface area contributed by atoms with Gasteiger partial charge in [0.05, 0.1) is 12.1 Å². The molecular formula is C23H33NO3. The van der Waals surface area contributed by atoms with Crippen LogP contribution in [0.2, 0.25) is 0 Å². The normalized spacial score (nSPS) is 25.3. The van der Waals surface area contributed by atoms with Gasteiger partial charge < -0.3 is 9.47 Å². The molecule has 0 spiro atoms. The van der Waals surface area contributed by atoms with E-state index in [1.54, 1.807) is 0 Å². The number of carbonyl (C=O) groups excluding carboxylic acids is 1. The molecule has 27 heavy (non-hydrogen) atoms. The first-order valence-corrected chi connectivity index (χ1v) is 10.3. The van der Waals surface area contributed by atoms with Gasteiger partial charge in [-0.05, 0) is 38.2 Å². The van der Waals surface area contributed by atoms with Gasteiger partial charge in [-0.1, -0.05) is 68.5 Å². The van der Waals surface area contributed by atoms with Gasteiger partial charge in [0.1, 0.15) is 12.3 Å². The van der Waals surface area contributed by atoms with Crippen molar-refractivity contribution in [3.63, 3.8) is 0 Å². The van der Waals surface area contributed by atoms with Crippen LogP contribution in [0, 0.1) is 5.92 Å². The lowest BCUT2D eigenvalue weighted by atomic mass is 9.83. The van der Waals surface area contributed by atoms with Crippen LogP contribution in [0.4, 0.5) is 4.79 Å². The molecule has 1 aliphatic heterocycles. The summed E-state index contributed by atoms with van der Waals surface area (Å²) in [5, 5.41) is 0. The third-order valence-electron chi connectivity index (χ3n) is 5.88. The van der Waals surface area contributed by atoms with E-state index in [2.05, 4.69) is 6.58 Å². The molecule has 3 rings (SSSR count). The predicted molar refractivity (Wildman–Crippen MR) is 107 cm³/mol. The van der Waals surface area contributed by atoms with E-state index in [4.69, 9.17) is 9.47 Å². The highest BCUT2D eigenvalue weighted by molar-refractivity contribution is 5.69. The highest BCUT2D eigenvalue weighted by Gasteiger charge is 2.50. The van der Waals surface area contributed by atoms with Gasteiger partial charge >= 0.3 is 6.09 Å². The number of benzene rings is 1. The zero-order chi connectivity index (χ0) is 19.3. The van der Waals surface area contributed by atoms with Gasteiger partial charge in [-0.3, -0.25) is 4.90 Å². The van der Waals surface area contributed by atoms with Gasteiger partial charge in [-0.15, -0.1) is 6.58 Å². The van der Waals surface area contributed by atoms with Gasteiger partial charge in [0, 0.05) is 0 Å². The minimum atomic E-state index is -0.666. The molecule has 1 heterocycles. The summed E-state index contributed by atoms with van der Waals surface area (Å²) in [7, 11) is 0. The van der Waals surface area contributed by atoms with Crippen molar-refractivity contribution in [1.82, 2.24) is 4.90 Å². The average molecular weight is 372 g/mol. The zero-order valence-electron chi connectivity index (χ0n) is 16.7. The minimum Gasteiger partial charge on any atom is -0.444 e. The molecule has 4 heteroatoms. The summed E-state index contributed by atoms with van der Waals surface area (Å²) in [5.41, 5.74) is 0.330. The smallest absolute Gasteiger partial charge is 0.412 e. The fraction of sp³-hybridized carbons (Fsp3) is 0.609. The van der Waals surface area contributed by atoms with Crippen LogP contribution in [0.3, 0.4) is 0 Å². The molecule has 2 aliphatic rings. The van der Waals surface area contributed by atoms with E-state index in [0.29, 0.717) is 5.92 Å². The Morgan fingerprint density at radius 2 is 1.96 bits per heavy atom. The molecule has 0 N–H and O–H groups in total. The van der Waals surface area contributed by atoms with Gasteiger partial charge in [0.2, 0.25) is 0 Å². The Morgan fingerprint density at radius 3 is 2.63 bits per heavy atom. The fourth-order valence-corrected chi connectivity index (χ4v) is 4.61. The van der Waals surface area contributed by atoms with Crippen LogP contribution < -0.4 is 0 Å². The summed E-state index contributed by atoms with van der Waals surface area (Å²) in [6, 6.07) is 9.86. The van der Waals surface area contributed by atoms with Crippen molar-refractivity contribution in [2.45, 2.75) is 83.3 Å². The van der Waals surface area contributed by atoms with Crippen LogP contribution in [0.1, 0.15) is 64.4 Å². The van der Waals surface area contributed by atoms with Crippen molar-refractivity contribution in [1.29, 1.82) is 0 Å². The summed E-state index contributed by atoms with van der Waals surface area (Å²) in [6.45, 7) is 8.10. The average Bonchev–Trinajstić information content (AvgIpc) is 2.91. The van der Waals surface area contributed by atoms with E-state index in [1.165, 1.54) is 32.1 Å². The number of nitrogens with zero attached hydrogens (tertiary/aromatic N) is 1. The summed E-state index contributed by atoms with van der Waals surface area (Å²) in [6.07, 6.45) is 9.79. The molecule has 2 fully saturated rings. The van der Waals surface area contributed by atoms with Crippen molar-refractivity contribution >= 4 is 6.09 Å². The second kappa shape index (κ2) is 8.92. The van der Waals surface area contributed by atoms with Gasteiger partial charge in [0.15, 0.2) is 0 Å². The van der Waals surface area contributed by atoms with Crippen molar-refractivity contribution in [3.05, 3.63) is 48.6 Å². The highest BCUT2D eigenvalue weighted by Crippen LogP contribution is 2.40. The number of amides is 1. The van der Waals surface area contributed by atoms with Crippen molar-refractivity contribution in [3.8, 4) is 0 Å². The van der Waals surface area contributed by atoms with Crippen LogP contribution >= 0.6 is 0 Å². The SMILES string of the molecule is C=CC[C@@H]1OC(C)(C)N(C(=O)OCc2ccccc2)[C@H]1CC1CCCCC1. The quantitative estimate of drug-likeness (QED) is 0.604. The number of rotatable bonds is 6. The molecule has 2 atom stereocenters. The van der Waals surface area contributed by atoms with E-state index in [1.807, 2.05) is 55.2 Å². The summed E-state index contributed by atoms with van der Waals surface area (Å²) < 4.78 is 12.0. The highest BCUT2D eigenvalue weighted by atomic mass is 16.6. The van der Waals surface area contributed by atoms with Crippen LogP contribution in [0.15, 0.2) is 43.0 Å². The van der Waals surface area contributed by atoms with Gasteiger partial charge in [-0.2, -0.15) is 0 Å². The Balaban J connectivity index is 1.72. The van der Waals surface area contributed by atoms with E-state index in [0.717, 1.165) is 18.4 Å². The van der Waals surface area contributed by atoms with Crippen LogP contribution in [-0.2, 0) is 16.1 Å². The Kier molecular flexibility index (Phi) is 6.59. The molecular weight excluding hydrogens is 338 g/mol. The van der Waals surface area contributed by atoms with E-state index >= 15 is 0 Å². The molecule has 1 saturated heterocycles. The maximum Gasteiger partial charge on any atom is 0.412 e. The molecule has 4 nitrogen and oxygen atoms in total. The lowest BCUT2D eigenvalue weighted by Crippen LogP contribution is -2.49. The molecule has 1 saturated carbocycles. The maximum atomic E-state index is 13.0. The predicted octanol–water partition coefficient (Wildman–Crippen LogP) is 5.68. The Morgan fingerprint density at radius 1 is 1.26 bits per heavy atom. The molecule has 0 unspecified atom stereocenters. The molecule has 0 aromatic heterocycles. The number of hydrogen-bond acceptors (Lipinski definition) is 3. The largest absolute Gasteiger partial charge is 0.444 e. The number of ether oxygens (including phenoxy) is 2. The standard InChI is InChI=1S/C23H33NO3/c1-4-11-21-20(16-18-12-7-5-8-13-18)24(23(2,3)27-21)22(25)26-17-19-14-9-6-10-15-19/h4,6,9-10,14-15,18,20-21H,1,5,7-8,11-13,16-17H2,2-3H3/t20-,21-/m0/s1. The topological polar surface area (TPSA) is 38.8 Å². The molecule has 1 aromatic rings. The first-order valence-electron chi connectivity index (χ1n) is 10.3. The number of carbonyl (C=O) groups is 1. The number of hydrogen-bond donors (Lipinski definition) is 0. The first-order chi connectivity index (χ1) is 13.0. The van der Waals surface area contributed by atoms with Crippen molar-refractivity contribution in [2.24, 2.45) is 5.92 Å². The van der Waals surface area contributed by atoms with Crippen LogP contribution in [-0.4, -0.2) is 28.9 Å². The zero-order valence-corrected chi connectivity index (χ0v) is 16.7. The summed E-state index contributed by atoms with van der Waals surface area (Å²) >= 11 is 0. The van der Waals surface area contributed by atoms with Gasteiger partial charge in [-0.25, -0.2) is 4.79 Å². The van der Waals surface area contributed by atoms with Crippen LogP contribution in [0.25, 0.3) is 0 Å². The first kappa shape index (κ1) is 19.9. The van der Waals surface area contributed by atoms with Crippen LogP contribution in [0.5, 0.6) is 0 Å².